The number of carbonyl (C=O) groups excluding carboxylic acids is 1. The minimum Gasteiger partial charge on any atom is -0.443 e. The average Bonchev–Trinajstić information content (AvgIpc) is 2.72. The van der Waals surface area contributed by atoms with Crippen LogP contribution in [-0.4, -0.2) is 57.6 Å². The lowest BCUT2D eigenvalue weighted by Crippen LogP contribution is -2.52. The van der Waals surface area contributed by atoms with E-state index >= 15 is 0 Å². The summed E-state index contributed by atoms with van der Waals surface area (Å²) >= 11 is 0. The fraction of sp³-hybridized carbons (Fsp3) is 0.522. The molecule has 1 saturated carbocycles. The van der Waals surface area contributed by atoms with Gasteiger partial charge in [0.1, 0.15) is 11.8 Å². The van der Waals surface area contributed by atoms with Crippen LogP contribution in [0.4, 0.5) is 4.79 Å². The Morgan fingerprint density at radius 2 is 1.83 bits per heavy atom. The van der Waals surface area contributed by atoms with Gasteiger partial charge in [0.05, 0.1) is 12.1 Å². The van der Waals surface area contributed by atoms with Crippen molar-refractivity contribution in [2.75, 3.05) is 13.6 Å². The van der Waals surface area contributed by atoms with Crippen molar-refractivity contribution in [3.05, 3.63) is 53.7 Å². The molecule has 1 aromatic carbocycles. The van der Waals surface area contributed by atoms with E-state index in [0.717, 1.165) is 36.0 Å². The summed E-state index contributed by atoms with van der Waals surface area (Å²) in [5.74, 6) is 0. The largest absolute Gasteiger partial charge is 0.443 e. The summed E-state index contributed by atoms with van der Waals surface area (Å²) in [5, 5.41) is 19.7. The number of likely N-dealkylation sites (N-methyl/N-ethyl adjacent to an activating group) is 1. The molecule has 2 unspecified atom stereocenters. The van der Waals surface area contributed by atoms with Crippen molar-refractivity contribution in [2.24, 2.45) is 0 Å². The zero-order valence-electron chi connectivity index (χ0n) is 17.1. The topological polar surface area (TPSA) is 73.2 Å². The Bertz CT molecular complexity index is 809. The van der Waals surface area contributed by atoms with E-state index in [4.69, 9.17) is 4.74 Å². The fourth-order valence-corrected chi connectivity index (χ4v) is 4.49. The molecule has 2 atom stereocenters. The van der Waals surface area contributed by atoms with E-state index in [2.05, 4.69) is 0 Å². The molecule has 1 amide bonds. The van der Waals surface area contributed by atoms with Gasteiger partial charge in [-0.05, 0) is 61.5 Å². The van der Waals surface area contributed by atoms with E-state index in [-0.39, 0.29) is 23.8 Å². The lowest BCUT2D eigenvalue weighted by molar-refractivity contribution is -0.0908. The maximum Gasteiger partial charge on any atom is 0.410 e. The molecular weight excluding hydrogens is 368 g/mol. The highest BCUT2D eigenvalue weighted by molar-refractivity contribution is 5.75. The molecule has 1 saturated heterocycles. The standard InChI is InChI=1S/C23H30N2O4/c1-16(25-14-12-23(29-22(25)28)10-7-20(26)8-11-23)17-3-5-18(6-4-17)19-9-13-24(2)21(27)15-19/h3-6,9,13,15-16,20-21,26-27H,7-8,10-12,14H2,1-2H3. The first-order valence-corrected chi connectivity index (χ1v) is 10.4. The Hall–Kier alpha value is -2.31. The van der Waals surface area contributed by atoms with Gasteiger partial charge in [-0.2, -0.15) is 0 Å². The molecule has 2 fully saturated rings. The second-order valence-electron chi connectivity index (χ2n) is 8.54. The van der Waals surface area contributed by atoms with Crippen molar-refractivity contribution >= 4 is 11.7 Å². The number of ether oxygens (including phenoxy) is 1. The average molecular weight is 399 g/mol. The summed E-state index contributed by atoms with van der Waals surface area (Å²) < 4.78 is 5.88. The van der Waals surface area contributed by atoms with Crippen LogP contribution >= 0.6 is 0 Å². The van der Waals surface area contributed by atoms with Crippen molar-refractivity contribution in [2.45, 2.75) is 63.0 Å². The van der Waals surface area contributed by atoms with Crippen molar-refractivity contribution < 1.29 is 19.7 Å². The first kappa shape index (κ1) is 20.0. The smallest absolute Gasteiger partial charge is 0.410 e. The molecule has 29 heavy (non-hydrogen) atoms. The summed E-state index contributed by atoms with van der Waals surface area (Å²) in [6.45, 7) is 2.70. The van der Waals surface area contributed by atoms with Gasteiger partial charge >= 0.3 is 6.09 Å². The highest BCUT2D eigenvalue weighted by atomic mass is 16.6. The molecule has 1 spiro atoms. The third-order valence-electron chi connectivity index (χ3n) is 6.64. The molecule has 2 heterocycles. The highest BCUT2D eigenvalue weighted by Gasteiger charge is 2.44. The van der Waals surface area contributed by atoms with Crippen LogP contribution in [0.3, 0.4) is 0 Å². The van der Waals surface area contributed by atoms with Gasteiger partial charge in [-0.3, -0.25) is 0 Å². The van der Waals surface area contributed by atoms with Crippen molar-refractivity contribution in [3.63, 3.8) is 0 Å². The van der Waals surface area contributed by atoms with E-state index in [1.807, 2.05) is 56.6 Å². The summed E-state index contributed by atoms with van der Waals surface area (Å²) in [6.07, 6.45) is 8.26. The summed E-state index contributed by atoms with van der Waals surface area (Å²) in [4.78, 5) is 16.3. The number of hydrogen-bond acceptors (Lipinski definition) is 5. The molecule has 4 rings (SSSR count). The molecule has 3 aliphatic rings. The van der Waals surface area contributed by atoms with Crippen molar-refractivity contribution in [3.8, 4) is 0 Å². The van der Waals surface area contributed by atoms with E-state index in [1.54, 1.807) is 9.80 Å². The van der Waals surface area contributed by atoms with Crippen molar-refractivity contribution in [1.82, 2.24) is 9.80 Å². The zero-order valence-corrected chi connectivity index (χ0v) is 17.1. The number of hydrogen-bond donors (Lipinski definition) is 2. The van der Waals surface area contributed by atoms with Gasteiger partial charge in [0, 0.05) is 26.2 Å². The Kier molecular flexibility index (Phi) is 5.40. The maximum atomic E-state index is 12.7. The number of rotatable bonds is 3. The molecule has 0 bridgehead atoms. The first-order chi connectivity index (χ1) is 13.9. The van der Waals surface area contributed by atoms with Crippen molar-refractivity contribution in [1.29, 1.82) is 0 Å². The number of carbonyl (C=O) groups is 1. The Balaban J connectivity index is 1.42. The van der Waals surface area contributed by atoms with E-state index < -0.39 is 6.23 Å². The lowest BCUT2D eigenvalue weighted by atomic mass is 9.80. The molecule has 0 radical (unpaired) electrons. The van der Waals surface area contributed by atoms with Crippen LogP contribution in [0.15, 0.2) is 42.6 Å². The first-order valence-electron chi connectivity index (χ1n) is 10.4. The lowest BCUT2D eigenvalue weighted by Gasteiger charge is -2.45. The molecule has 6 heteroatoms. The van der Waals surface area contributed by atoms with Crippen LogP contribution in [-0.2, 0) is 4.74 Å². The molecule has 6 nitrogen and oxygen atoms in total. The number of amides is 1. The molecular formula is C23H30N2O4. The van der Waals surface area contributed by atoms with Gasteiger partial charge in [-0.25, -0.2) is 4.79 Å². The Morgan fingerprint density at radius 1 is 1.14 bits per heavy atom. The molecule has 1 aromatic rings. The second kappa shape index (κ2) is 7.84. The monoisotopic (exact) mass is 398 g/mol. The van der Waals surface area contributed by atoms with Crippen LogP contribution in [0.25, 0.3) is 5.57 Å². The minimum atomic E-state index is -0.620. The SMILES string of the molecule is CC(c1ccc(C2=CC(O)N(C)C=C2)cc1)N1CCC2(CCC(O)CC2)OC1=O. The third-order valence-corrected chi connectivity index (χ3v) is 6.64. The number of benzene rings is 1. The van der Waals surface area contributed by atoms with Crippen LogP contribution in [0, 0.1) is 0 Å². The summed E-state index contributed by atoms with van der Waals surface area (Å²) in [5.41, 5.74) is 2.68. The number of aliphatic hydroxyl groups excluding tert-OH is 2. The fourth-order valence-electron chi connectivity index (χ4n) is 4.49. The van der Waals surface area contributed by atoms with E-state index in [1.165, 1.54) is 0 Å². The summed E-state index contributed by atoms with van der Waals surface area (Å²) in [7, 11) is 1.83. The number of allylic oxidation sites excluding steroid dienone is 2. The Labute approximate surface area is 172 Å². The number of aliphatic hydroxyl groups is 2. The van der Waals surface area contributed by atoms with Gasteiger partial charge in [-0.1, -0.05) is 24.3 Å². The maximum absolute atomic E-state index is 12.7. The Morgan fingerprint density at radius 3 is 2.45 bits per heavy atom. The normalized spacial score (nSPS) is 30.9. The third kappa shape index (κ3) is 4.05. The van der Waals surface area contributed by atoms with Crippen LogP contribution in [0.2, 0.25) is 0 Å². The quantitative estimate of drug-likeness (QED) is 0.816. The molecule has 1 aliphatic carbocycles. The van der Waals surface area contributed by atoms with Crippen LogP contribution in [0.5, 0.6) is 0 Å². The van der Waals surface area contributed by atoms with Gasteiger partial charge in [0.25, 0.3) is 0 Å². The predicted molar refractivity (Wildman–Crippen MR) is 111 cm³/mol. The minimum absolute atomic E-state index is 0.0734. The molecule has 0 aromatic heterocycles. The number of nitrogens with zero attached hydrogens (tertiary/aromatic N) is 2. The zero-order chi connectivity index (χ0) is 20.6. The predicted octanol–water partition coefficient (Wildman–Crippen LogP) is 3.42. The van der Waals surface area contributed by atoms with E-state index in [0.29, 0.717) is 19.4 Å². The van der Waals surface area contributed by atoms with Gasteiger partial charge in [0.15, 0.2) is 0 Å². The van der Waals surface area contributed by atoms with E-state index in [9.17, 15) is 15.0 Å². The summed E-state index contributed by atoms with van der Waals surface area (Å²) in [6, 6.07) is 8.05. The van der Waals surface area contributed by atoms with Crippen LogP contribution < -0.4 is 0 Å². The van der Waals surface area contributed by atoms with Crippen LogP contribution in [0.1, 0.15) is 56.2 Å². The highest BCUT2D eigenvalue weighted by Crippen LogP contribution is 2.39. The molecule has 2 N–H and O–H groups in total. The van der Waals surface area contributed by atoms with Gasteiger partial charge in [0.2, 0.25) is 0 Å². The molecule has 156 valence electrons. The molecule has 2 aliphatic heterocycles. The second-order valence-corrected chi connectivity index (χ2v) is 8.54. The van der Waals surface area contributed by atoms with Gasteiger partial charge in [-0.15, -0.1) is 0 Å². The van der Waals surface area contributed by atoms with Gasteiger partial charge < -0.3 is 24.7 Å².